The standard InChI is InChI=1S/C11H18O3/c1-5-9(13-4)10-7(2)6-8(3)11(12)14-10/h5-7,9-12H,1H2,2-4H3/t7-,9+,10+,11?/m1/s1. The summed E-state index contributed by atoms with van der Waals surface area (Å²) in [4.78, 5) is 0. The molecule has 3 heteroatoms. The quantitative estimate of drug-likeness (QED) is 0.698. The van der Waals surface area contributed by atoms with Crippen molar-refractivity contribution in [3.8, 4) is 0 Å². The van der Waals surface area contributed by atoms with Crippen molar-refractivity contribution in [3.63, 3.8) is 0 Å². The minimum absolute atomic E-state index is 0.156. The van der Waals surface area contributed by atoms with Crippen molar-refractivity contribution < 1.29 is 14.6 Å². The van der Waals surface area contributed by atoms with Crippen LogP contribution >= 0.6 is 0 Å². The number of rotatable bonds is 3. The SMILES string of the molecule is C=C[C@H](OC)[C@H]1OC(O)C(C)=C[C@H]1C. The molecule has 0 saturated heterocycles. The smallest absolute Gasteiger partial charge is 0.177 e. The van der Waals surface area contributed by atoms with Gasteiger partial charge < -0.3 is 14.6 Å². The zero-order valence-electron chi connectivity index (χ0n) is 8.93. The van der Waals surface area contributed by atoms with E-state index in [1.807, 2.05) is 19.9 Å². The van der Waals surface area contributed by atoms with E-state index in [-0.39, 0.29) is 18.1 Å². The van der Waals surface area contributed by atoms with Gasteiger partial charge in [0.2, 0.25) is 0 Å². The topological polar surface area (TPSA) is 38.7 Å². The van der Waals surface area contributed by atoms with Gasteiger partial charge in [-0.25, -0.2) is 0 Å². The van der Waals surface area contributed by atoms with E-state index < -0.39 is 6.29 Å². The van der Waals surface area contributed by atoms with Crippen LogP contribution in [0.1, 0.15) is 13.8 Å². The Morgan fingerprint density at radius 2 is 2.36 bits per heavy atom. The van der Waals surface area contributed by atoms with Crippen LogP contribution in [0.5, 0.6) is 0 Å². The lowest BCUT2D eigenvalue weighted by molar-refractivity contribution is -0.162. The van der Waals surface area contributed by atoms with Gasteiger partial charge in [-0.1, -0.05) is 19.1 Å². The Balaban J connectivity index is 2.77. The van der Waals surface area contributed by atoms with Gasteiger partial charge >= 0.3 is 0 Å². The molecule has 1 heterocycles. The van der Waals surface area contributed by atoms with Gasteiger partial charge in [0.05, 0.1) is 6.10 Å². The summed E-state index contributed by atoms with van der Waals surface area (Å²) in [6.07, 6.45) is 2.56. The van der Waals surface area contributed by atoms with Crippen LogP contribution in [0.15, 0.2) is 24.3 Å². The van der Waals surface area contributed by atoms with Crippen LogP contribution in [-0.2, 0) is 9.47 Å². The zero-order valence-corrected chi connectivity index (χ0v) is 8.93. The van der Waals surface area contributed by atoms with Gasteiger partial charge in [0.25, 0.3) is 0 Å². The van der Waals surface area contributed by atoms with Gasteiger partial charge in [-0.15, -0.1) is 6.58 Å². The molecule has 0 saturated carbocycles. The van der Waals surface area contributed by atoms with E-state index in [1.54, 1.807) is 13.2 Å². The average molecular weight is 198 g/mol. The van der Waals surface area contributed by atoms with E-state index in [4.69, 9.17) is 9.47 Å². The number of hydrogen-bond acceptors (Lipinski definition) is 3. The maximum Gasteiger partial charge on any atom is 0.177 e. The van der Waals surface area contributed by atoms with E-state index in [9.17, 15) is 5.11 Å². The average Bonchev–Trinajstić information content (AvgIpc) is 2.15. The summed E-state index contributed by atoms with van der Waals surface area (Å²) in [5.74, 6) is 0.223. The lowest BCUT2D eigenvalue weighted by Crippen LogP contribution is -2.40. The Kier molecular flexibility index (Phi) is 3.86. The molecule has 0 fully saturated rings. The molecular weight excluding hydrogens is 180 g/mol. The molecule has 3 nitrogen and oxygen atoms in total. The zero-order chi connectivity index (χ0) is 10.7. The van der Waals surface area contributed by atoms with Crippen LogP contribution in [0, 0.1) is 5.92 Å². The number of ether oxygens (including phenoxy) is 2. The van der Waals surface area contributed by atoms with Crippen LogP contribution < -0.4 is 0 Å². The Bertz CT molecular complexity index is 235. The molecule has 80 valence electrons. The molecule has 0 aliphatic carbocycles. The van der Waals surface area contributed by atoms with Crippen molar-refractivity contribution >= 4 is 0 Å². The summed E-state index contributed by atoms with van der Waals surface area (Å²) in [7, 11) is 1.61. The van der Waals surface area contributed by atoms with Crippen LogP contribution in [0.4, 0.5) is 0 Å². The van der Waals surface area contributed by atoms with Gasteiger partial charge in [-0.05, 0) is 12.5 Å². The summed E-state index contributed by atoms with van der Waals surface area (Å²) in [6.45, 7) is 7.57. The Morgan fingerprint density at radius 1 is 1.71 bits per heavy atom. The first kappa shape index (κ1) is 11.4. The highest BCUT2D eigenvalue weighted by Crippen LogP contribution is 2.25. The highest BCUT2D eigenvalue weighted by Gasteiger charge is 2.31. The first-order valence-electron chi connectivity index (χ1n) is 4.77. The lowest BCUT2D eigenvalue weighted by atomic mass is 9.94. The molecule has 4 atom stereocenters. The second-order valence-electron chi connectivity index (χ2n) is 3.66. The summed E-state index contributed by atoms with van der Waals surface area (Å²) in [5, 5.41) is 9.53. The maximum absolute atomic E-state index is 9.53. The van der Waals surface area contributed by atoms with Crippen molar-refractivity contribution in [2.75, 3.05) is 7.11 Å². The monoisotopic (exact) mass is 198 g/mol. The molecule has 0 spiro atoms. The van der Waals surface area contributed by atoms with E-state index in [2.05, 4.69) is 6.58 Å². The predicted octanol–water partition coefficient (Wildman–Crippen LogP) is 1.49. The number of aliphatic hydroxyl groups is 1. The second kappa shape index (κ2) is 4.73. The maximum atomic E-state index is 9.53. The molecule has 0 radical (unpaired) electrons. The van der Waals surface area contributed by atoms with Gasteiger partial charge in [0, 0.05) is 13.0 Å². The first-order valence-corrected chi connectivity index (χ1v) is 4.77. The van der Waals surface area contributed by atoms with Gasteiger partial charge in [-0.3, -0.25) is 0 Å². The van der Waals surface area contributed by atoms with Crippen LogP contribution in [-0.4, -0.2) is 30.7 Å². The van der Waals surface area contributed by atoms with Gasteiger partial charge in [-0.2, -0.15) is 0 Å². The minimum atomic E-state index is -0.811. The molecule has 0 bridgehead atoms. The molecule has 0 amide bonds. The summed E-state index contributed by atoms with van der Waals surface area (Å²) >= 11 is 0. The van der Waals surface area contributed by atoms with Crippen molar-refractivity contribution in [1.82, 2.24) is 0 Å². The van der Waals surface area contributed by atoms with Gasteiger partial charge in [0.15, 0.2) is 6.29 Å². The van der Waals surface area contributed by atoms with Crippen LogP contribution in [0.2, 0.25) is 0 Å². The minimum Gasteiger partial charge on any atom is -0.375 e. The molecule has 0 aromatic rings. The molecule has 1 rings (SSSR count). The highest BCUT2D eigenvalue weighted by molar-refractivity contribution is 5.10. The molecule has 0 aromatic carbocycles. The van der Waals surface area contributed by atoms with Crippen molar-refractivity contribution in [2.45, 2.75) is 32.3 Å². The van der Waals surface area contributed by atoms with Crippen molar-refractivity contribution in [2.24, 2.45) is 5.92 Å². The number of aliphatic hydroxyl groups excluding tert-OH is 1. The molecule has 1 aliphatic rings. The van der Waals surface area contributed by atoms with E-state index in [1.165, 1.54) is 0 Å². The van der Waals surface area contributed by atoms with Crippen molar-refractivity contribution in [1.29, 1.82) is 0 Å². The second-order valence-corrected chi connectivity index (χ2v) is 3.66. The van der Waals surface area contributed by atoms with E-state index in [0.717, 1.165) is 5.57 Å². The Morgan fingerprint density at radius 3 is 2.86 bits per heavy atom. The highest BCUT2D eigenvalue weighted by atomic mass is 16.6. The number of hydrogen-bond donors (Lipinski definition) is 1. The third kappa shape index (κ3) is 2.23. The molecule has 14 heavy (non-hydrogen) atoms. The van der Waals surface area contributed by atoms with E-state index >= 15 is 0 Å². The molecule has 0 aromatic heterocycles. The van der Waals surface area contributed by atoms with Crippen molar-refractivity contribution in [3.05, 3.63) is 24.3 Å². The Labute approximate surface area is 85.0 Å². The summed E-state index contributed by atoms with van der Waals surface area (Å²) in [5.41, 5.74) is 0.854. The summed E-state index contributed by atoms with van der Waals surface area (Å²) < 4.78 is 10.7. The lowest BCUT2D eigenvalue weighted by Gasteiger charge is -2.34. The Hall–Kier alpha value is -0.640. The fourth-order valence-electron chi connectivity index (χ4n) is 1.71. The predicted molar refractivity (Wildman–Crippen MR) is 54.8 cm³/mol. The third-order valence-corrected chi connectivity index (χ3v) is 2.55. The van der Waals surface area contributed by atoms with Crippen LogP contribution in [0.3, 0.4) is 0 Å². The fourth-order valence-corrected chi connectivity index (χ4v) is 1.71. The third-order valence-electron chi connectivity index (χ3n) is 2.55. The van der Waals surface area contributed by atoms with E-state index in [0.29, 0.717) is 0 Å². The van der Waals surface area contributed by atoms with Gasteiger partial charge in [0.1, 0.15) is 6.10 Å². The number of methoxy groups -OCH3 is 1. The summed E-state index contributed by atoms with van der Waals surface area (Å²) in [6, 6.07) is 0. The molecular formula is C11H18O3. The molecule has 1 aliphatic heterocycles. The molecule has 1 unspecified atom stereocenters. The molecule has 1 N–H and O–H groups in total. The largest absolute Gasteiger partial charge is 0.375 e. The van der Waals surface area contributed by atoms with Crippen LogP contribution in [0.25, 0.3) is 0 Å². The first-order chi connectivity index (χ1) is 6.60. The normalized spacial score (nSPS) is 34.9. The fraction of sp³-hybridized carbons (Fsp3) is 0.636.